The average Bonchev–Trinajstić information content (AvgIpc) is 2.25. The number of carbonyl (C=O) groups is 1. The van der Waals surface area contributed by atoms with Gasteiger partial charge in [0.2, 0.25) is 0 Å². The van der Waals surface area contributed by atoms with Gasteiger partial charge in [-0.3, -0.25) is 9.63 Å². The molecule has 0 bridgehead atoms. The first-order valence-electron chi connectivity index (χ1n) is 4.49. The molecule has 0 fully saturated rings. The van der Waals surface area contributed by atoms with Crippen molar-refractivity contribution in [3.63, 3.8) is 0 Å². The van der Waals surface area contributed by atoms with Gasteiger partial charge in [0.1, 0.15) is 6.04 Å². The summed E-state index contributed by atoms with van der Waals surface area (Å²) < 4.78 is 0. The molecule has 82 valence electrons. The SMILES string of the molecule is O=C(O)[C@H](Cc1ccccc1)NOCO. The molecule has 15 heavy (non-hydrogen) atoms. The molecule has 0 aliphatic rings. The number of aliphatic hydroxyl groups excluding tert-OH is 1. The molecule has 1 aromatic rings. The molecule has 0 saturated carbocycles. The van der Waals surface area contributed by atoms with Crippen LogP contribution < -0.4 is 5.48 Å². The molecule has 0 aliphatic carbocycles. The fraction of sp³-hybridized carbons (Fsp3) is 0.300. The summed E-state index contributed by atoms with van der Waals surface area (Å²) in [5.74, 6) is -1.02. The third-order valence-electron chi connectivity index (χ3n) is 1.87. The van der Waals surface area contributed by atoms with Crippen molar-refractivity contribution in [3.8, 4) is 0 Å². The summed E-state index contributed by atoms with van der Waals surface area (Å²) in [7, 11) is 0. The van der Waals surface area contributed by atoms with Crippen LogP contribution in [0.3, 0.4) is 0 Å². The summed E-state index contributed by atoms with van der Waals surface area (Å²) in [5.41, 5.74) is 3.16. The Morgan fingerprint density at radius 2 is 2.07 bits per heavy atom. The molecule has 3 N–H and O–H groups in total. The first-order valence-corrected chi connectivity index (χ1v) is 4.49. The van der Waals surface area contributed by atoms with Gasteiger partial charge in [-0.25, -0.2) is 0 Å². The minimum absolute atomic E-state index is 0.302. The number of rotatable bonds is 6. The molecule has 0 radical (unpaired) electrons. The van der Waals surface area contributed by atoms with E-state index < -0.39 is 18.8 Å². The van der Waals surface area contributed by atoms with E-state index in [-0.39, 0.29) is 0 Å². The zero-order chi connectivity index (χ0) is 11.1. The monoisotopic (exact) mass is 211 g/mol. The minimum Gasteiger partial charge on any atom is -0.480 e. The van der Waals surface area contributed by atoms with E-state index in [4.69, 9.17) is 10.2 Å². The van der Waals surface area contributed by atoms with E-state index in [9.17, 15) is 4.79 Å². The van der Waals surface area contributed by atoms with Crippen LogP contribution in [0.5, 0.6) is 0 Å². The second kappa shape index (κ2) is 6.13. The summed E-state index contributed by atoms with van der Waals surface area (Å²) >= 11 is 0. The van der Waals surface area contributed by atoms with E-state index in [1.165, 1.54) is 0 Å². The lowest BCUT2D eigenvalue weighted by atomic mass is 10.1. The van der Waals surface area contributed by atoms with Gasteiger partial charge in [0, 0.05) is 6.42 Å². The molecule has 0 amide bonds. The van der Waals surface area contributed by atoms with E-state index in [0.717, 1.165) is 5.56 Å². The molecular weight excluding hydrogens is 198 g/mol. The van der Waals surface area contributed by atoms with Crippen molar-refractivity contribution >= 4 is 5.97 Å². The maximum atomic E-state index is 10.8. The van der Waals surface area contributed by atoms with Crippen molar-refractivity contribution in [2.24, 2.45) is 0 Å². The lowest BCUT2D eigenvalue weighted by Gasteiger charge is -2.12. The molecule has 0 aliphatic heterocycles. The van der Waals surface area contributed by atoms with Crippen LogP contribution in [0.2, 0.25) is 0 Å². The van der Waals surface area contributed by atoms with Gasteiger partial charge in [-0.15, -0.1) is 0 Å². The molecule has 0 unspecified atom stereocenters. The van der Waals surface area contributed by atoms with Gasteiger partial charge in [-0.2, -0.15) is 5.48 Å². The number of carboxylic acids is 1. The van der Waals surface area contributed by atoms with Gasteiger partial charge >= 0.3 is 5.97 Å². The van der Waals surface area contributed by atoms with Crippen molar-refractivity contribution in [2.75, 3.05) is 6.79 Å². The van der Waals surface area contributed by atoms with E-state index in [1.54, 1.807) is 0 Å². The molecule has 1 atom stereocenters. The van der Waals surface area contributed by atoms with Crippen molar-refractivity contribution in [1.82, 2.24) is 5.48 Å². The third-order valence-corrected chi connectivity index (χ3v) is 1.87. The quantitative estimate of drug-likeness (QED) is 0.461. The molecule has 1 aromatic carbocycles. The number of aliphatic hydroxyl groups is 1. The summed E-state index contributed by atoms with van der Waals surface area (Å²) in [5, 5.41) is 17.2. The predicted molar refractivity (Wildman–Crippen MR) is 52.9 cm³/mol. The Labute approximate surface area is 87.3 Å². The molecule has 1 rings (SSSR count). The number of hydrogen-bond acceptors (Lipinski definition) is 4. The second-order valence-corrected chi connectivity index (χ2v) is 2.97. The molecule has 0 saturated heterocycles. The standard InChI is InChI=1S/C10H13NO4/c12-7-15-11-9(10(13)14)6-8-4-2-1-3-5-8/h1-5,9,11-12H,6-7H2,(H,13,14)/t9-/m0/s1. The maximum Gasteiger partial charge on any atom is 0.323 e. The predicted octanol–water partition coefficient (Wildman–Crippen LogP) is 0.153. The molecule has 0 aromatic heterocycles. The largest absolute Gasteiger partial charge is 0.480 e. The van der Waals surface area contributed by atoms with Gasteiger partial charge in [-0.1, -0.05) is 30.3 Å². The number of carboxylic acid groups (broad SMARTS) is 1. The van der Waals surface area contributed by atoms with Crippen LogP contribution in [0.1, 0.15) is 5.56 Å². The maximum absolute atomic E-state index is 10.8. The minimum atomic E-state index is -1.02. The number of nitrogens with one attached hydrogen (secondary N) is 1. The Bertz CT molecular complexity index is 302. The van der Waals surface area contributed by atoms with Crippen LogP contribution in [-0.4, -0.2) is 29.0 Å². The lowest BCUT2D eigenvalue weighted by Crippen LogP contribution is -2.38. The fourth-order valence-electron chi connectivity index (χ4n) is 1.17. The topological polar surface area (TPSA) is 78.8 Å². The summed E-state index contributed by atoms with van der Waals surface area (Å²) in [6.07, 6.45) is 0.302. The smallest absolute Gasteiger partial charge is 0.323 e. The second-order valence-electron chi connectivity index (χ2n) is 2.97. The summed E-state index contributed by atoms with van der Waals surface area (Å²) in [6.45, 7) is -0.557. The van der Waals surface area contributed by atoms with E-state index in [2.05, 4.69) is 10.3 Å². The lowest BCUT2D eigenvalue weighted by molar-refractivity contribution is -0.147. The van der Waals surface area contributed by atoms with Gasteiger partial charge < -0.3 is 10.2 Å². The number of hydrogen-bond donors (Lipinski definition) is 3. The van der Waals surface area contributed by atoms with Crippen LogP contribution in [0.15, 0.2) is 30.3 Å². The Hall–Kier alpha value is -1.43. The van der Waals surface area contributed by atoms with Crippen molar-refractivity contribution in [2.45, 2.75) is 12.5 Å². The van der Waals surface area contributed by atoms with Gasteiger partial charge in [-0.05, 0) is 5.56 Å². The number of benzene rings is 1. The van der Waals surface area contributed by atoms with E-state index in [0.29, 0.717) is 6.42 Å². The zero-order valence-electron chi connectivity index (χ0n) is 8.09. The molecule has 5 heteroatoms. The zero-order valence-corrected chi connectivity index (χ0v) is 8.09. The molecular formula is C10H13NO4. The average molecular weight is 211 g/mol. The van der Waals surface area contributed by atoms with Crippen LogP contribution >= 0.6 is 0 Å². The highest BCUT2D eigenvalue weighted by atomic mass is 16.7. The van der Waals surface area contributed by atoms with E-state index in [1.807, 2.05) is 30.3 Å². The summed E-state index contributed by atoms with van der Waals surface area (Å²) in [6, 6.07) is 8.33. The van der Waals surface area contributed by atoms with E-state index >= 15 is 0 Å². The fourth-order valence-corrected chi connectivity index (χ4v) is 1.17. The van der Waals surface area contributed by atoms with Crippen molar-refractivity contribution in [1.29, 1.82) is 0 Å². The highest BCUT2D eigenvalue weighted by molar-refractivity contribution is 5.73. The summed E-state index contributed by atoms with van der Waals surface area (Å²) in [4.78, 5) is 15.2. The van der Waals surface area contributed by atoms with Crippen LogP contribution in [0, 0.1) is 0 Å². The Morgan fingerprint density at radius 1 is 1.40 bits per heavy atom. The number of hydroxylamine groups is 1. The van der Waals surface area contributed by atoms with Gasteiger partial charge in [0.05, 0.1) is 0 Å². The molecule has 0 heterocycles. The highest BCUT2D eigenvalue weighted by Crippen LogP contribution is 2.03. The highest BCUT2D eigenvalue weighted by Gasteiger charge is 2.17. The van der Waals surface area contributed by atoms with Gasteiger partial charge in [0.15, 0.2) is 6.79 Å². The van der Waals surface area contributed by atoms with Crippen molar-refractivity contribution < 1.29 is 19.8 Å². The first-order chi connectivity index (χ1) is 7.24. The van der Waals surface area contributed by atoms with Crippen LogP contribution in [-0.2, 0) is 16.1 Å². The Balaban J connectivity index is 2.55. The molecule has 5 nitrogen and oxygen atoms in total. The molecule has 0 spiro atoms. The van der Waals surface area contributed by atoms with Gasteiger partial charge in [0.25, 0.3) is 0 Å². The number of aliphatic carboxylic acids is 1. The van der Waals surface area contributed by atoms with Crippen LogP contribution in [0.25, 0.3) is 0 Å². The normalized spacial score (nSPS) is 12.3. The first kappa shape index (κ1) is 11.6. The Morgan fingerprint density at radius 3 is 2.60 bits per heavy atom. The Kier molecular flexibility index (Phi) is 4.76. The van der Waals surface area contributed by atoms with Crippen LogP contribution in [0.4, 0.5) is 0 Å². The van der Waals surface area contributed by atoms with Crippen molar-refractivity contribution in [3.05, 3.63) is 35.9 Å². The third kappa shape index (κ3) is 4.07.